The van der Waals surface area contributed by atoms with Gasteiger partial charge in [0.1, 0.15) is 12.3 Å². The molecule has 0 aromatic heterocycles. The maximum atomic E-state index is 14.4. The van der Waals surface area contributed by atoms with Gasteiger partial charge in [-0.3, -0.25) is 28.0 Å². The average Bonchev–Trinajstić information content (AvgIpc) is 3.83. The van der Waals surface area contributed by atoms with Crippen LogP contribution in [0, 0.1) is 0 Å². The highest BCUT2D eigenvalue weighted by atomic mass is 32.2. The lowest BCUT2D eigenvalue weighted by Crippen LogP contribution is -2.35. The van der Waals surface area contributed by atoms with Crippen LogP contribution < -0.4 is 4.90 Å². The number of nitrogens with zero attached hydrogens (tertiary/aromatic N) is 3. The van der Waals surface area contributed by atoms with Crippen molar-refractivity contribution in [1.82, 2.24) is 5.06 Å². The van der Waals surface area contributed by atoms with Crippen LogP contribution in [0.2, 0.25) is 0 Å². The van der Waals surface area contributed by atoms with E-state index in [9.17, 15) is 63.2 Å². The van der Waals surface area contributed by atoms with E-state index in [0.29, 0.717) is 65.4 Å². The van der Waals surface area contributed by atoms with Crippen molar-refractivity contribution in [1.29, 1.82) is 0 Å². The lowest BCUT2D eigenvalue weighted by molar-refractivity contribution is -0.438. The smallest absolute Gasteiger partial charge is 0.333 e. The van der Waals surface area contributed by atoms with Crippen LogP contribution in [0.25, 0.3) is 0 Å². The summed E-state index contributed by atoms with van der Waals surface area (Å²) in [5.74, 6) is -3.94. The number of benzene rings is 2. The summed E-state index contributed by atoms with van der Waals surface area (Å²) in [7, 11) is -12.3. The predicted octanol–water partition coefficient (Wildman–Crippen LogP) is 3.68. The number of aliphatic hydroxyl groups excluding tert-OH is 1. The Labute approximate surface area is 411 Å². The highest BCUT2D eigenvalue weighted by molar-refractivity contribution is 7.86. The molecule has 2 amide bonds. The number of hydrogen-bond acceptors (Lipinski definition) is 17. The van der Waals surface area contributed by atoms with Crippen LogP contribution in [-0.2, 0) is 84.1 Å². The Bertz CT molecular complexity index is 2910. The predicted molar refractivity (Wildman–Crippen MR) is 252 cm³/mol. The Morgan fingerprint density at radius 1 is 0.761 bits per heavy atom. The van der Waals surface area contributed by atoms with Gasteiger partial charge in [-0.05, 0) is 82.0 Å². The molecule has 25 heteroatoms. The van der Waals surface area contributed by atoms with E-state index in [4.69, 9.17) is 23.8 Å². The first-order chi connectivity index (χ1) is 33.4. The standard InChI is InChI=1S/C46H57N3O19S3/c1-5-47-36-11-9-30(70(58,59)60)26-34(36)45(2,15-7-25-69(55,56)57)38(47)28-32-43(53)33(44(32)54)29-39-46(3,16-18-65-21-22-67-24-23-66-20-19-64-4)35-27-31(71(61,62)63)10-12-37(35)48(39)17-6-8-42(52)68-49-40(50)13-14-41(49)51/h9-12,26-29H,5-8,13-25H2,1-4H3,(H3-,53,54,55,56,57,58,59,60,61,62,63)/p+1. The number of Topliss-reactive ketones (excluding diaryl/α,β-unsaturated/α-hetero) is 1. The number of aliphatic hydroxyl groups is 1. The fourth-order valence-electron chi connectivity index (χ4n) is 9.16. The Balaban J connectivity index is 1.39. The number of carbonyl (C=O) groups is 4. The van der Waals surface area contributed by atoms with Crippen LogP contribution in [0.15, 0.2) is 80.9 Å². The highest BCUT2D eigenvalue weighted by Crippen LogP contribution is 2.52. The van der Waals surface area contributed by atoms with Crippen molar-refractivity contribution in [3.8, 4) is 0 Å². The molecule has 0 radical (unpaired) electrons. The molecule has 2 unspecified atom stereocenters. The zero-order valence-corrected chi connectivity index (χ0v) is 42.1. The zero-order valence-electron chi connectivity index (χ0n) is 39.6. The third-order valence-electron chi connectivity index (χ3n) is 12.9. The second kappa shape index (κ2) is 22.3. The summed E-state index contributed by atoms with van der Waals surface area (Å²) in [4.78, 5) is 57.5. The third-order valence-corrected chi connectivity index (χ3v) is 15.4. The van der Waals surface area contributed by atoms with Gasteiger partial charge in [0.2, 0.25) is 11.5 Å². The number of anilines is 1. The van der Waals surface area contributed by atoms with E-state index in [0.717, 1.165) is 0 Å². The van der Waals surface area contributed by atoms with Gasteiger partial charge in [0, 0.05) is 74.0 Å². The van der Waals surface area contributed by atoms with E-state index in [1.165, 1.54) is 48.6 Å². The monoisotopic (exact) mass is 1050 g/mol. The van der Waals surface area contributed by atoms with E-state index < -0.39 is 86.1 Å². The molecular formula is C46H58N3O19S3+. The van der Waals surface area contributed by atoms with E-state index in [2.05, 4.69) is 0 Å². The molecule has 2 aromatic rings. The molecular weight excluding hydrogens is 995 g/mol. The van der Waals surface area contributed by atoms with Crippen molar-refractivity contribution in [3.05, 3.63) is 82.3 Å². The molecule has 0 bridgehead atoms. The van der Waals surface area contributed by atoms with Crippen LogP contribution in [-0.4, -0.2) is 155 Å². The van der Waals surface area contributed by atoms with Crippen molar-refractivity contribution in [3.63, 3.8) is 0 Å². The number of ketones is 1. The molecule has 1 fully saturated rings. The normalized spacial score (nSPS) is 21.5. The molecule has 0 saturated carbocycles. The minimum Gasteiger partial charge on any atom is -0.506 e. The number of methoxy groups -OCH3 is 1. The maximum Gasteiger partial charge on any atom is 0.333 e. The molecule has 0 spiro atoms. The Morgan fingerprint density at radius 2 is 1.34 bits per heavy atom. The van der Waals surface area contributed by atoms with Crippen LogP contribution in [0.3, 0.4) is 0 Å². The van der Waals surface area contributed by atoms with Crippen molar-refractivity contribution in [2.45, 2.75) is 86.3 Å². The summed E-state index contributed by atoms with van der Waals surface area (Å²) >= 11 is 0. The van der Waals surface area contributed by atoms with Gasteiger partial charge in [-0.1, -0.05) is 0 Å². The number of fused-ring (bicyclic) bond motifs is 2. The number of hydroxylamine groups is 2. The van der Waals surface area contributed by atoms with Crippen molar-refractivity contribution in [2.24, 2.45) is 0 Å². The molecule has 1 saturated heterocycles. The fraction of sp³-hybridized carbons (Fsp3) is 0.500. The number of carbonyl (C=O) groups excluding carboxylic acids is 4. The number of likely N-dealkylation sites (N-methyl/N-ethyl adjacent to an activating group) is 1. The molecule has 6 rings (SSSR count). The number of imide groups is 1. The van der Waals surface area contributed by atoms with Crippen molar-refractivity contribution in [2.75, 3.05) is 77.1 Å². The Hall–Kier alpha value is -5.22. The summed E-state index contributed by atoms with van der Waals surface area (Å²) in [5.41, 5.74) is -0.384. The van der Waals surface area contributed by atoms with Crippen LogP contribution in [0.1, 0.15) is 76.8 Å². The number of hydrogen-bond donors (Lipinski definition) is 4. The zero-order chi connectivity index (χ0) is 52.1. The first-order valence-corrected chi connectivity index (χ1v) is 27.2. The second-order valence-electron chi connectivity index (χ2n) is 17.6. The number of amides is 2. The van der Waals surface area contributed by atoms with Gasteiger partial charge in [0.15, 0.2) is 5.71 Å². The minimum absolute atomic E-state index is 0.00666. The highest BCUT2D eigenvalue weighted by Gasteiger charge is 2.51. The van der Waals surface area contributed by atoms with Gasteiger partial charge in [0.05, 0.1) is 78.2 Å². The number of rotatable bonds is 26. The number of ether oxygens (including phenoxy) is 4. The first-order valence-electron chi connectivity index (χ1n) is 22.7. The van der Waals surface area contributed by atoms with Crippen LogP contribution >= 0.6 is 0 Å². The summed E-state index contributed by atoms with van der Waals surface area (Å²) in [6.45, 7) is 7.37. The van der Waals surface area contributed by atoms with Crippen LogP contribution in [0.5, 0.6) is 0 Å². The van der Waals surface area contributed by atoms with Crippen molar-refractivity contribution < 1.29 is 91.6 Å². The molecule has 1 aliphatic carbocycles. The van der Waals surface area contributed by atoms with Gasteiger partial charge >= 0.3 is 5.97 Å². The minimum atomic E-state index is -4.74. The topological polar surface area (TPSA) is 307 Å². The molecule has 4 aliphatic rings. The Kier molecular flexibility index (Phi) is 17.3. The van der Waals surface area contributed by atoms with Gasteiger partial charge in [-0.2, -0.15) is 29.8 Å². The van der Waals surface area contributed by atoms with E-state index in [1.54, 1.807) is 37.4 Å². The largest absolute Gasteiger partial charge is 0.506 e. The SMILES string of the molecule is CCN1C(=CC2=C(O)C(=CC3=[N+](CCCC(=O)ON4C(=O)CCC4=O)c4ccc(S(=O)(=O)O)cc4C3(C)CCOCCOCCOCCOC)C2=O)C(C)(CCCS(=O)(=O)O)c2cc(S(=O)(=O)O)ccc21. The maximum absolute atomic E-state index is 14.4. The number of allylic oxidation sites excluding steroid dienone is 5. The second-order valence-corrected chi connectivity index (χ2v) is 22.0. The first kappa shape index (κ1) is 55.1. The molecule has 2 aromatic carbocycles. The van der Waals surface area contributed by atoms with E-state index >= 15 is 0 Å². The van der Waals surface area contributed by atoms with Gasteiger partial charge in [-0.25, -0.2) is 4.79 Å². The van der Waals surface area contributed by atoms with E-state index in [-0.39, 0.29) is 89.0 Å². The lowest BCUT2D eigenvalue weighted by atomic mass is 9.74. The molecule has 388 valence electrons. The summed E-state index contributed by atoms with van der Waals surface area (Å²) in [6.07, 6.45) is 2.43. The molecule has 3 heterocycles. The van der Waals surface area contributed by atoms with Gasteiger partial charge < -0.3 is 33.8 Å². The third kappa shape index (κ3) is 12.4. The quantitative estimate of drug-likeness (QED) is 0.0343. The van der Waals surface area contributed by atoms with Crippen molar-refractivity contribution >= 4 is 71.0 Å². The lowest BCUT2D eigenvalue weighted by Gasteiger charge is -2.31. The molecule has 4 N–H and O–H groups in total. The average molecular weight is 1050 g/mol. The van der Waals surface area contributed by atoms with Gasteiger partial charge in [-0.15, -0.1) is 5.06 Å². The summed E-state index contributed by atoms with van der Waals surface area (Å²) in [6, 6.07) is 7.84. The summed E-state index contributed by atoms with van der Waals surface area (Å²) in [5, 5.41) is 12.3. The fourth-order valence-corrected chi connectivity index (χ4v) is 10.7. The molecule has 71 heavy (non-hydrogen) atoms. The molecule has 22 nitrogen and oxygen atoms in total. The van der Waals surface area contributed by atoms with Crippen LogP contribution in [0.4, 0.5) is 11.4 Å². The molecule has 3 aliphatic heterocycles. The Morgan fingerprint density at radius 3 is 1.90 bits per heavy atom. The van der Waals surface area contributed by atoms with Gasteiger partial charge in [0.25, 0.3) is 42.2 Å². The van der Waals surface area contributed by atoms with E-state index in [1.807, 2.05) is 0 Å². The molecule has 2 atom stereocenters. The summed E-state index contributed by atoms with van der Waals surface area (Å²) < 4.78 is 126.